The molecular weight excluding hydrogens is 372 g/mol. The molecule has 1 aliphatic heterocycles. The Labute approximate surface area is 170 Å². The lowest BCUT2D eigenvalue weighted by Crippen LogP contribution is -2.26. The number of oxime groups is 1. The molecule has 0 fully saturated rings. The number of carbonyl (C=O) groups excluding carboxylic acids is 1. The van der Waals surface area contributed by atoms with Crippen molar-refractivity contribution in [3.8, 4) is 5.75 Å². The van der Waals surface area contributed by atoms with Gasteiger partial charge < -0.3 is 14.3 Å². The first-order chi connectivity index (χ1) is 13.4. The second-order valence-electron chi connectivity index (χ2n) is 7.47. The predicted octanol–water partition coefficient (Wildman–Crippen LogP) is 5.40. The summed E-state index contributed by atoms with van der Waals surface area (Å²) in [6, 6.07) is 11.9. The molecule has 0 bridgehead atoms. The van der Waals surface area contributed by atoms with Crippen LogP contribution >= 0.6 is 12.0 Å². The number of hydrogen-bond acceptors (Lipinski definition) is 5. The van der Waals surface area contributed by atoms with Crippen molar-refractivity contribution in [2.45, 2.75) is 50.8 Å². The highest BCUT2D eigenvalue weighted by atomic mass is 32.2. The first-order valence-corrected chi connectivity index (χ1v) is 10.1. The Hall–Kier alpha value is -2.47. The van der Waals surface area contributed by atoms with Crippen LogP contribution < -0.4 is 10.1 Å². The minimum atomic E-state index is -0.521. The largest absolute Gasteiger partial charge is 0.494 e. The number of anilines is 1. The third-order valence-electron chi connectivity index (χ3n) is 4.96. The van der Waals surface area contributed by atoms with E-state index >= 15 is 0 Å². The van der Waals surface area contributed by atoms with Crippen LogP contribution in [0.5, 0.6) is 5.75 Å². The number of aryl methyl sites for hydroxylation is 2. The van der Waals surface area contributed by atoms with E-state index in [-0.39, 0.29) is 5.91 Å². The fraction of sp³-hybridized carbons (Fsp3) is 0.364. The van der Waals surface area contributed by atoms with Gasteiger partial charge in [-0.3, -0.25) is 4.79 Å². The van der Waals surface area contributed by atoms with Crippen LogP contribution in [0.4, 0.5) is 5.69 Å². The Kier molecular flexibility index (Phi) is 6.29. The topological polar surface area (TPSA) is 59.9 Å². The maximum atomic E-state index is 12.0. The van der Waals surface area contributed by atoms with E-state index in [1.165, 1.54) is 23.2 Å². The average molecular weight is 399 g/mol. The van der Waals surface area contributed by atoms with Crippen molar-refractivity contribution in [2.75, 3.05) is 11.9 Å². The molecule has 0 spiro atoms. The fourth-order valence-electron chi connectivity index (χ4n) is 2.92. The van der Waals surface area contributed by atoms with Gasteiger partial charge in [-0.25, -0.2) is 0 Å². The van der Waals surface area contributed by atoms with Crippen LogP contribution in [-0.4, -0.2) is 18.7 Å². The molecule has 0 unspecified atom stereocenters. The predicted molar refractivity (Wildman–Crippen MR) is 114 cm³/mol. The summed E-state index contributed by atoms with van der Waals surface area (Å²) in [7, 11) is 0. The molecule has 0 atom stereocenters. The highest BCUT2D eigenvalue weighted by Gasteiger charge is 2.38. The summed E-state index contributed by atoms with van der Waals surface area (Å²) < 4.78 is 11.1. The summed E-state index contributed by atoms with van der Waals surface area (Å²) >= 11 is 1.25. The number of amides is 1. The minimum absolute atomic E-state index is 0.0227. The van der Waals surface area contributed by atoms with Crippen molar-refractivity contribution in [3.05, 3.63) is 53.1 Å². The molecule has 2 aromatic rings. The Morgan fingerprint density at radius 3 is 2.75 bits per heavy atom. The Morgan fingerprint density at radius 1 is 1.14 bits per heavy atom. The maximum absolute atomic E-state index is 12.0. The Morgan fingerprint density at radius 2 is 1.96 bits per heavy atom. The molecule has 0 aromatic heterocycles. The minimum Gasteiger partial charge on any atom is -0.494 e. The van der Waals surface area contributed by atoms with E-state index in [4.69, 9.17) is 9.02 Å². The van der Waals surface area contributed by atoms with Crippen molar-refractivity contribution < 1.29 is 13.8 Å². The highest BCUT2D eigenvalue weighted by Crippen LogP contribution is 2.39. The standard InChI is InChI=1S/C22H26N2O3S/c1-15-7-9-18(13-16(15)2)28-27-23-11-5-6-12-26-17-8-10-20-19(14-17)22(3,4)21(25)24-20/h7-11,13-14H,5-6,12H2,1-4H3,(H,24,25). The van der Waals surface area contributed by atoms with Crippen molar-refractivity contribution in [2.24, 2.45) is 5.16 Å². The van der Waals surface area contributed by atoms with Crippen LogP contribution in [-0.2, 0) is 14.5 Å². The van der Waals surface area contributed by atoms with Gasteiger partial charge in [0.2, 0.25) is 5.91 Å². The van der Waals surface area contributed by atoms with Crippen LogP contribution in [0.25, 0.3) is 0 Å². The molecule has 1 amide bonds. The van der Waals surface area contributed by atoms with Crippen molar-refractivity contribution >= 4 is 29.9 Å². The Balaban J connectivity index is 1.37. The van der Waals surface area contributed by atoms with Crippen molar-refractivity contribution in [1.82, 2.24) is 0 Å². The zero-order valence-corrected chi connectivity index (χ0v) is 17.6. The monoisotopic (exact) mass is 398 g/mol. The van der Waals surface area contributed by atoms with E-state index in [1.54, 1.807) is 6.21 Å². The number of unbranched alkanes of at least 4 members (excludes halogenated alkanes) is 1. The second kappa shape index (κ2) is 8.69. The Bertz CT molecular complexity index is 893. The zero-order valence-electron chi connectivity index (χ0n) is 16.7. The molecule has 148 valence electrons. The molecule has 2 aromatic carbocycles. The molecule has 6 heteroatoms. The molecule has 0 saturated carbocycles. The van der Waals surface area contributed by atoms with Crippen LogP contribution in [0, 0.1) is 13.8 Å². The number of hydrogen-bond donors (Lipinski definition) is 1. The summed E-state index contributed by atoms with van der Waals surface area (Å²) in [4.78, 5) is 13.0. The van der Waals surface area contributed by atoms with Gasteiger partial charge in [-0.15, -0.1) is 0 Å². The third kappa shape index (κ3) is 4.68. The lowest BCUT2D eigenvalue weighted by molar-refractivity contribution is -0.119. The van der Waals surface area contributed by atoms with Gasteiger partial charge in [0.15, 0.2) is 0 Å². The zero-order chi connectivity index (χ0) is 20.1. The molecule has 5 nitrogen and oxygen atoms in total. The van der Waals surface area contributed by atoms with E-state index in [9.17, 15) is 4.79 Å². The van der Waals surface area contributed by atoms with Crippen LogP contribution in [0.2, 0.25) is 0 Å². The molecule has 0 aliphatic carbocycles. The number of benzene rings is 2. The van der Waals surface area contributed by atoms with Gasteiger partial charge in [0.05, 0.1) is 16.9 Å². The first kappa shape index (κ1) is 20.3. The number of nitrogens with one attached hydrogen (secondary N) is 1. The SMILES string of the molecule is Cc1ccc(SON=CCCCOc2ccc3c(c2)C(C)(C)C(=O)N3)cc1C. The molecule has 28 heavy (non-hydrogen) atoms. The number of ether oxygens (including phenoxy) is 1. The second-order valence-corrected chi connectivity index (χ2v) is 8.26. The first-order valence-electron chi connectivity index (χ1n) is 9.39. The van der Waals surface area contributed by atoms with Gasteiger partial charge in [-0.1, -0.05) is 11.2 Å². The third-order valence-corrected chi connectivity index (χ3v) is 5.56. The van der Waals surface area contributed by atoms with E-state index in [0.717, 1.165) is 34.7 Å². The molecule has 1 N–H and O–H groups in total. The summed E-state index contributed by atoms with van der Waals surface area (Å²) in [6.07, 6.45) is 3.36. The van der Waals surface area contributed by atoms with Crippen LogP contribution in [0.1, 0.15) is 43.4 Å². The van der Waals surface area contributed by atoms with E-state index in [2.05, 4.69) is 36.5 Å². The average Bonchev–Trinajstić information content (AvgIpc) is 2.89. The number of fused-ring (bicyclic) bond motifs is 1. The summed E-state index contributed by atoms with van der Waals surface area (Å²) in [5.74, 6) is 0.802. The highest BCUT2D eigenvalue weighted by molar-refractivity contribution is 7.94. The summed E-state index contributed by atoms with van der Waals surface area (Å²) in [5.41, 5.74) is 3.83. The van der Waals surface area contributed by atoms with Gasteiger partial charge in [-0.05, 0) is 87.6 Å². The molecule has 0 radical (unpaired) electrons. The maximum Gasteiger partial charge on any atom is 0.234 e. The normalized spacial score (nSPS) is 14.8. The number of carbonyl (C=O) groups is 1. The summed E-state index contributed by atoms with van der Waals surface area (Å²) in [6.45, 7) is 8.59. The fourth-order valence-corrected chi connectivity index (χ4v) is 3.46. The van der Waals surface area contributed by atoms with Crippen molar-refractivity contribution in [1.29, 1.82) is 0 Å². The van der Waals surface area contributed by atoms with Crippen LogP contribution in [0.15, 0.2) is 46.4 Å². The number of nitrogens with zero attached hydrogens (tertiary/aromatic N) is 1. The lowest BCUT2D eigenvalue weighted by Gasteiger charge is -2.16. The number of rotatable bonds is 8. The quantitative estimate of drug-likeness (QED) is 0.280. The molecule has 1 heterocycles. The lowest BCUT2D eigenvalue weighted by atomic mass is 9.86. The van der Waals surface area contributed by atoms with E-state index in [1.807, 2.05) is 38.1 Å². The van der Waals surface area contributed by atoms with E-state index < -0.39 is 5.41 Å². The van der Waals surface area contributed by atoms with E-state index in [0.29, 0.717) is 6.61 Å². The van der Waals surface area contributed by atoms with Gasteiger partial charge >= 0.3 is 0 Å². The molecule has 1 aliphatic rings. The van der Waals surface area contributed by atoms with Gasteiger partial charge in [-0.2, -0.15) is 0 Å². The molecule has 3 rings (SSSR count). The summed E-state index contributed by atoms with van der Waals surface area (Å²) in [5, 5.41) is 6.88. The van der Waals surface area contributed by atoms with Crippen molar-refractivity contribution in [3.63, 3.8) is 0 Å². The van der Waals surface area contributed by atoms with Gasteiger partial charge in [0, 0.05) is 11.9 Å². The van der Waals surface area contributed by atoms with Crippen LogP contribution in [0.3, 0.4) is 0 Å². The smallest absolute Gasteiger partial charge is 0.234 e. The molecule has 0 saturated heterocycles. The molecular formula is C22H26N2O3S. The van der Waals surface area contributed by atoms with Gasteiger partial charge in [0.25, 0.3) is 0 Å². The van der Waals surface area contributed by atoms with Gasteiger partial charge in [0.1, 0.15) is 17.8 Å².